The van der Waals surface area contributed by atoms with Crippen molar-refractivity contribution in [2.45, 2.75) is 12.5 Å². The van der Waals surface area contributed by atoms with Gasteiger partial charge in [0.2, 0.25) is 0 Å². The molecule has 6 heteroatoms. The number of hydrogen-bond donors (Lipinski definition) is 1. The van der Waals surface area contributed by atoms with Crippen LogP contribution < -0.4 is 0 Å². The van der Waals surface area contributed by atoms with E-state index in [1.165, 1.54) is 11.3 Å². The molecule has 4 rings (SSSR count). The van der Waals surface area contributed by atoms with Crippen LogP contribution in [0.2, 0.25) is 0 Å². The summed E-state index contributed by atoms with van der Waals surface area (Å²) in [7, 11) is 0. The van der Waals surface area contributed by atoms with Gasteiger partial charge in [-0.05, 0) is 40.6 Å². The lowest BCUT2D eigenvalue weighted by Gasteiger charge is -2.21. The molecular weight excluding hydrogens is 340 g/mol. The molecule has 0 unspecified atom stereocenters. The van der Waals surface area contributed by atoms with Crippen LogP contribution in [0.4, 0.5) is 0 Å². The van der Waals surface area contributed by atoms with E-state index in [9.17, 15) is 9.90 Å². The molecule has 1 aromatic carbocycles. The van der Waals surface area contributed by atoms with Gasteiger partial charge in [0, 0.05) is 6.42 Å². The molecule has 4 nitrogen and oxygen atoms in total. The molecule has 0 aliphatic carbocycles. The Bertz CT molecular complexity index is 886. The Hall–Kier alpha value is -2.44. The van der Waals surface area contributed by atoms with Gasteiger partial charge in [0.25, 0.3) is 5.91 Å². The summed E-state index contributed by atoms with van der Waals surface area (Å²) in [5.41, 5.74) is 1.79. The topological polar surface area (TPSA) is 52.9 Å². The molecule has 1 N–H and O–H groups in total. The standard InChI is InChI=1S/C18H14N2O2S2/c21-13-5-1-4-12(10-13)15-11-14(16-6-2-8-23-16)19-20(15)18(22)17-7-3-9-24-17/h1-10,15,21H,11H2/t15-/m0/s1. The van der Waals surface area contributed by atoms with Gasteiger partial charge in [-0.15, -0.1) is 22.7 Å². The largest absolute Gasteiger partial charge is 0.508 e. The number of carbonyl (C=O) groups excluding carboxylic acids is 1. The van der Waals surface area contributed by atoms with Gasteiger partial charge < -0.3 is 5.11 Å². The second-order valence-corrected chi connectivity index (χ2v) is 7.36. The van der Waals surface area contributed by atoms with Crippen molar-refractivity contribution in [2.75, 3.05) is 0 Å². The molecule has 1 atom stereocenters. The van der Waals surface area contributed by atoms with Crippen molar-refractivity contribution >= 4 is 34.3 Å². The normalized spacial score (nSPS) is 17.1. The summed E-state index contributed by atoms with van der Waals surface area (Å²) in [4.78, 5) is 14.6. The minimum Gasteiger partial charge on any atom is -0.508 e. The van der Waals surface area contributed by atoms with Crippen molar-refractivity contribution < 1.29 is 9.90 Å². The Balaban J connectivity index is 1.73. The van der Waals surface area contributed by atoms with Crippen molar-refractivity contribution in [1.82, 2.24) is 5.01 Å². The molecule has 1 amide bonds. The quantitative estimate of drug-likeness (QED) is 0.752. The number of rotatable bonds is 3. The van der Waals surface area contributed by atoms with Crippen molar-refractivity contribution in [3.63, 3.8) is 0 Å². The highest BCUT2D eigenvalue weighted by Crippen LogP contribution is 2.36. The minimum absolute atomic E-state index is 0.107. The van der Waals surface area contributed by atoms with E-state index in [-0.39, 0.29) is 17.7 Å². The van der Waals surface area contributed by atoms with Gasteiger partial charge in [0.1, 0.15) is 5.75 Å². The third-order valence-corrected chi connectivity index (χ3v) is 5.69. The first-order valence-corrected chi connectivity index (χ1v) is 9.25. The van der Waals surface area contributed by atoms with Crippen LogP contribution in [0, 0.1) is 0 Å². The third kappa shape index (κ3) is 2.74. The van der Waals surface area contributed by atoms with E-state index in [1.807, 2.05) is 41.1 Å². The number of nitrogens with zero attached hydrogens (tertiary/aromatic N) is 2. The lowest BCUT2D eigenvalue weighted by molar-refractivity contribution is 0.0716. The van der Waals surface area contributed by atoms with E-state index in [1.54, 1.807) is 34.5 Å². The monoisotopic (exact) mass is 354 g/mol. The summed E-state index contributed by atoms with van der Waals surface area (Å²) in [5, 5.41) is 19.8. The number of phenolic OH excluding ortho intramolecular Hbond substituents is 1. The summed E-state index contributed by atoms with van der Waals surface area (Å²) in [6.07, 6.45) is 0.640. The maximum absolute atomic E-state index is 12.9. The lowest BCUT2D eigenvalue weighted by atomic mass is 10.0. The molecular formula is C18H14N2O2S2. The van der Waals surface area contributed by atoms with Gasteiger partial charge in [-0.2, -0.15) is 5.10 Å². The Morgan fingerprint density at radius 2 is 1.96 bits per heavy atom. The summed E-state index contributed by atoms with van der Waals surface area (Å²) in [6.45, 7) is 0. The second-order valence-electron chi connectivity index (χ2n) is 5.47. The Kier molecular flexibility index (Phi) is 3.92. The number of phenols is 1. The van der Waals surface area contributed by atoms with Crippen molar-refractivity contribution in [1.29, 1.82) is 0 Å². The van der Waals surface area contributed by atoms with Crippen LogP contribution >= 0.6 is 22.7 Å². The van der Waals surface area contributed by atoms with Crippen LogP contribution in [0.3, 0.4) is 0 Å². The summed E-state index contributed by atoms with van der Waals surface area (Å²) >= 11 is 3.03. The van der Waals surface area contributed by atoms with Crippen LogP contribution in [-0.2, 0) is 0 Å². The average molecular weight is 354 g/mol. The molecule has 3 aromatic rings. The first kappa shape index (κ1) is 15.1. The fourth-order valence-corrected chi connectivity index (χ4v) is 4.17. The summed E-state index contributed by atoms with van der Waals surface area (Å²) in [5.74, 6) is 0.0884. The molecule has 24 heavy (non-hydrogen) atoms. The highest BCUT2D eigenvalue weighted by molar-refractivity contribution is 7.12. The van der Waals surface area contributed by atoms with E-state index in [4.69, 9.17) is 0 Å². The number of hydrogen-bond acceptors (Lipinski definition) is 5. The van der Waals surface area contributed by atoms with Crippen LogP contribution in [0.15, 0.2) is 64.4 Å². The van der Waals surface area contributed by atoms with Crippen LogP contribution in [-0.4, -0.2) is 21.7 Å². The van der Waals surface area contributed by atoms with Crippen LogP contribution in [0.1, 0.15) is 32.6 Å². The molecule has 0 spiro atoms. The van der Waals surface area contributed by atoms with Crippen molar-refractivity contribution in [3.05, 3.63) is 74.6 Å². The smallest absolute Gasteiger partial charge is 0.284 e. The minimum atomic E-state index is -0.205. The first-order chi connectivity index (χ1) is 11.7. The molecule has 2 aromatic heterocycles. The van der Waals surface area contributed by atoms with Gasteiger partial charge in [0.05, 0.1) is 21.5 Å². The van der Waals surface area contributed by atoms with E-state index < -0.39 is 0 Å². The number of carbonyl (C=O) groups is 1. The number of aromatic hydroxyl groups is 1. The molecule has 1 aliphatic heterocycles. The third-order valence-electron chi connectivity index (χ3n) is 3.91. The van der Waals surface area contributed by atoms with Crippen LogP contribution in [0.5, 0.6) is 5.75 Å². The van der Waals surface area contributed by atoms with Gasteiger partial charge in [-0.3, -0.25) is 4.79 Å². The fourth-order valence-electron chi connectivity index (χ4n) is 2.79. The highest BCUT2D eigenvalue weighted by Gasteiger charge is 2.34. The average Bonchev–Trinajstić information content (AvgIpc) is 3.34. The van der Waals surface area contributed by atoms with Crippen molar-refractivity contribution in [3.8, 4) is 5.75 Å². The molecule has 120 valence electrons. The molecule has 0 fully saturated rings. The number of hydrazone groups is 1. The first-order valence-electron chi connectivity index (χ1n) is 7.50. The Labute approximate surface area is 147 Å². The number of benzene rings is 1. The molecule has 1 aliphatic rings. The van der Waals surface area contributed by atoms with E-state index in [0.29, 0.717) is 11.3 Å². The number of amides is 1. The van der Waals surface area contributed by atoms with E-state index >= 15 is 0 Å². The van der Waals surface area contributed by atoms with Gasteiger partial charge in [-0.1, -0.05) is 24.3 Å². The maximum Gasteiger partial charge on any atom is 0.284 e. The molecule has 0 saturated heterocycles. The lowest BCUT2D eigenvalue weighted by Crippen LogP contribution is -2.26. The molecule has 0 saturated carbocycles. The van der Waals surface area contributed by atoms with E-state index in [2.05, 4.69) is 5.10 Å². The maximum atomic E-state index is 12.9. The predicted molar refractivity (Wildman–Crippen MR) is 96.8 cm³/mol. The molecule has 0 bridgehead atoms. The Morgan fingerprint density at radius 1 is 1.12 bits per heavy atom. The highest BCUT2D eigenvalue weighted by atomic mass is 32.1. The van der Waals surface area contributed by atoms with Crippen molar-refractivity contribution in [2.24, 2.45) is 5.10 Å². The summed E-state index contributed by atoms with van der Waals surface area (Å²) < 4.78 is 0. The van der Waals surface area contributed by atoms with Crippen LogP contribution in [0.25, 0.3) is 0 Å². The second kappa shape index (κ2) is 6.22. The molecule has 3 heterocycles. The zero-order chi connectivity index (χ0) is 16.5. The SMILES string of the molecule is O=C(c1cccs1)N1N=C(c2cccs2)C[C@H]1c1cccc(O)c1. The zero-order valence-corrected chi connectivity index (χ0v) is 14.3. The predicted octanol–water partition coefficient (Wildman–Crippen LogP) is 4.51. The molecule has 0 radical (unpaired) electrons. The van der Waals surface area contributed by atoms with Gasteiger partial charge >= 0.3 is 0 Å². The Morgan fingerprint density at radius 3 is 2.67 bits per heavy atom. The summed E-state index contributed by atoms with van der Waals surface area (Å²) in [6, 6.07) is 14.5. The van der Waals surface area contributed by atoms with E-state index in [0.717, 1.165) is 16.2 Å². The zero-order valence-electron chi connectivity index (χ0n) is 12.6. The fraction of sp³-hybridized carbons (Fsp3) is 0.111. The van der Waals surface area contributed by atoms with Gasteiger partial charge in [-0.25, -0.2) is 5.01 Å². The number of thiophene rings is 2. The van der Waals surface area contributed by atoms with Gasteiger partial charge in [0.15, 0.2) is 0 Å².